The van der Waals surface area contributed by atoms with Crippen molar-refractivity contribution in [2.24, 2.45) is 0 Å². The summed E-state index contributed by atoms with van der Waals surface area (Å²) in [5.74, 6) is 0. The average Bonchev–Trinajstić information content (AvgIpc) is 3.81. The number of aryl methyl sites for hydroxylation is 1. The predicted molar refractivity (Wildman–Crippen MR) is 207 cm³/mol. The monoisotopic (exact) mass is 640 g/mol. The second-order valence-corrected chi connectivity index (χ2v) is 14.8. The highest BCUT2D eigenvalue weighted by atomic mass is 32.1. The quantitative estimate of drug-likeness (QED) is 0.176. The van der Waals surface area contributed by atoms with Gasteiger partial charge in [0.25, 0.3) is 0 Å². The Bertz CT molecular complexity index is 2590. The van der Waals surface area contributed by atoms with Gasteiger partial charge in [-0.2, -0.15) is 0 Å². The molecule has 0 saturated heterocycles. The Morgan fingerprint density at radius 1 is 0.326 bits per heavy atom. The molecule has 0 fully saturated rings. The van der Waals surface area contributed by atoms with E-state index in [1.165, 1.54) is 88.3 Å². The van der Waals surface area contributed by atoms with Crippen LogP contribution in [0, 0.1) is 6.92 Å². The minimum Gasteiger partial charge on any atom is -0.135 e. The van der Waals surface area contributed by atoms with Gasteiger partial charge in [0, 0.05) is 60.5 Å². The molecule has 0 saturated carbocycles. The van der Waals surface area contributed by atoms with E-state index in [-0.39, 0.29) is 0 Å². The Balaban J connectivity index is 0.000000174. The van der Waals surface area contributed by atoms with Crippen molar-refractivity contribution in [1.29, 1.82) is 0 Å². The zero-order valence-corrected chi connectivity index (χ0v) is 27.6. The lowest BCUT2D eigenvalue weighted by atomic mass is 9.97. The zero-order valence-electron chi connectivity index (χ0n) is 25.2. The molecule has 10 rings (SSSR count). The highest BCUT2D eigenvalue weighted by molar-refractivity contribution is 7.27. The summed E-state index contributed by atoms with van der Waals surface area (Å²) < 4.78 is 8.24. The molecule has 3 heteroatoms. The Hall–Kier alpha value is -4.80. The van der Waals surface area contributed by atoms with E-state index in [9.17, 15) is 0 Å². The summed E-state index contributed by atoms with van der Waals surface area (Å²) in [6.07, 6.45) is 0. The summed E-state index contributed by atoms with van der Waals surface area (Å²) in [5, 5.41) is 8.17. The first-order valence-electron chi connectivity index (χ1n) is 15.5. The maximum Gasteiger partial charge on any atom is 0.0433 e. The van der Waals surface area contributed by atoms with Crippen LogP contribution in [0.5, 0.6) is 0 Å². The molecule has 0 aliphatic rings. The first-order chi connectivity index (χ1) is 22.7. The van der Waals surface area contributed by atoms with Gasteiger partial charge in [-0.1, -0.05) is 127 Å². The number of thiophene rings is 3. The fourth-order valence-corrected chi connectivity index (χ4v) is 10.3. The maximum absolute atomic E-state index is 2.36. The van der Waals surface area contributed by atoms with Crippen molar-refractivity contribution >= 4 is 94.5 Å². The summed E-state index contributed by atoms with van der Waals surface area (Å²) in [5.41, 5.74) is 6.56. The Labute approximate surface area is 279 Å². The maximum atomic E-state index is 2.36. The Morgan fingerprint density at radius 3 is 1.20 bits per heavy atom. The fourth-order valence-electron chi connectivity index (χ4n) is 6.69. The lowest BCUT2D eigenvalue weighted by Gasteiger charge is -2.08. The first-order valence-corrected chi connectivity index (χ1v) is 18.0. The largest absolute Gasteiger partial charge is 0.135 e. The number of hydrogen-bond acceptors (Lipinski definition) is 3. The molecule has 0 nitrogen and oxygen atoms in total. The highest BCUT2D eigenvalue weighted by Crippen LogP contribution is 2.43. The fraction of sp³-hybridized carbons (Fsp3) is 0.0233. The van der Waals surface area contributed by atoms with E-state index in [1.54, 1.807) is 0 Å². The molecule has 218 valence electrons. The third kappa shape index (κ3) is 4.54. The van der Waals surface area contributed by atoms with Crippen LogP contribution >= 0.6 is 34.0 Å². The van der Waals surface area contributed by atoms with Crippen LogP contribution < -0.4 is 0 Å². The molecule has 3 aromatic heterocycles. The molecular weight excluding hydrogens is 613 g/mol. The molecular formula is C43H28S3. The summed E-state index contributed by atoms with van der Waals surface area (Å²) in [6, 6.07) is 55.0. The smallest absolute Gasteiger partial charge is 0.0433 e. The minimum atomic E-state index is 1.28. The molecule has 0 bridgehead atoms. The molecule has 10 aromatic rings. The van der Waals surface area contributed by atoms with Gasteiger partial charge in [0.1, 0.15) is 0 Å². The van der Waals surface area contributed by atoms with Crippen molar-refractivity contribution in [1.82, 2.24) is 0 Å². The van der Waals surface area contributed by atoms with Gasteiger partial charge in [-0.05, 0) is 59.0 Å². The van der Waals surface area contributed by atoms with Crippen molar-refractivity contribution in [3.05, 3.63) is 157 Å². The standard InChI is InChI=1S/C30H18S2.C13H10S/c1-3-16-27-23(10-1)25-14-6-12-21(29(25)31-27)19-8-5-9-20(18-19)22-13-7-15-26-24-11-2-4-17-28(24)32-30(22)26;1-9-5-4-7-11-10-6-2-3-8-12(10)14-13(9)11/h1-18H;2-8H,1H3. The van der Waals surface area contributed by atoms with Crippen LogP contribution in [0.4, 0.5) is 0 Å². The predicted octanol–water partition coefficient (Wildman–Crippen LogP) is 14.1. The van der Waals surface area contributed by atoms with Crippen LogP contribution in [-0.4, -0.2) is 0 Å². The summed E-state index contributed by atoms with van der Waals surface area (Å²) in [4.78, 5) is 0. The number of rotatable bonds is 2. The van der Waals surface area contributed by atoms with E-state index in [0.29, 0.717) is 0 Å². The second kappa shape index (κ2) is 11.2. The lowest BCUT2D eigenvalue weighted by Crippen LogP contribution is -1.82. The Morgan fingerprint density at radius 2 is 0.696 bits per heavy atom. The van der Waals surface area contributed by atoms with Crippen LogP contribution in [0.3, 0.4) is 0 Å². The summed E-state index contributed by atoms with van der Waals surface area (Å²) >= 11 is 5.67. The number of fused-ring (bicyclic) bond motifs is 9. The molecule has 0 N–H and O–H groups in total. The van der Waals surface area contributed by atoms with E-state index in [4.69, 9.17) is 0 Å². The van der Waals surface area contributed by atoms with Crippen LogP contribution in [0.25, 0.3) is 82.8 Å². The van der Waals surface area contributed by atoms with Crippen LogP contribution in [0.1, 0.15) is 5.56 Å². The van der Waals surface area contributed by atoms with Gasteiger partial charge >= 0.3 is 0 Å². The van der Waals surface area contributed by atoms with Gasteiger partial charge in [0.2, 0.25) is 0 Å². The Kier molecular flexibility index (Phi) is 6.71. The number of hydrogen-bond donors (Lipinski definition) is 0. The molecule has 0 atom stereocenters. The van der Waals surface area contributed by atoms with Gasteiger partial charge in [-0.3, -0.25) is 0 Å². The topological polar surface area (TPSA) is 0 Å². The summed E-state index contributed by atoms with van der Waals surface area (Å²) in [7, 11) is 0. The SMILES string of the molecule is Cc1cccc2c1sc1ccccc12.c1cc(-c2cccc3c2sc2ccccc23)cc(-c2cccc3c2sc2ccccc23)c1. The molecule has 0 radical (unpaired) electrons. The van der Waals surface area contributed by atoms with Gasteiger partial charge < -0.3 is 0 Å². The van der Waals surface area contributed by atoms with Gasteiger partial charge in [0.15, 0.2) is 0 Å². The summed E-state index contributed by atoms with van der Waals surface area (Å²) in [6.45, 7) is 2.18. The van der Waals surface area contributed by atoms with Gasteiger partial charge in [-0.15, -0.1) is 34.0 Å². The third-order valence-electron chi connectivity index (χ3n) is 8.89. The molecule has 0 aliphatic heterocycles. The van der Waals surface area contributed by atoms with Crippen LogP contribution in [0.15, 0.2) is 152 Å². The van der Waals surface area contributed by atoms with Crippen molar-refractivity contribution in [3.8, 4) is 22.3 Å². The van der Waals surface area contributed by atoms with Crippen LogP contribution in [0.2, 0.25) is 0 Å². The van der Waals surface area contributed by atoms with E-state index in [2.05, 4.69) is 159 Å². The second-order valence-electron chi connectivity index (χ2n) is 11.7. The minimum absolute atomic E-state index is 1.28. The first kappa shape index (κ1) is 27.5. The molecule has 0 spiro atoms. The molecule has 0 unspecified atom stereocenters. The van der Waals surface area contributed by atoms with Crippen molar-refractivity contribution in [2.75, 3.05) is 0 Å². The molecule has 7 aromatic carbocycles. The number of benzene rings is 7. The van der Waals surface area contributed by atoms with E-state index in [0.717, 1.165) is 0 Å². The van der Waals surface area contributed by atoms with E-state index < -0.39 is 0 Å². The van der Waals surface area contributed by atoms with Crippen molar-refractivity contribution in [3.63, 3.8) is 0 Å². The van der Waals surface area contributed by atoms with Crippen molar-refractivity contribution < 1.29 is 0 Å². The van der Waals surface area contributed by atoms with Gasteiger partial charge in [-0.25, -0.2) is 0 Å². The molecule has 3 heterocycles. The molecule has 0 amide bonds. The molecule has 0 aliphatic carbocycles. The average molecular weight is 641 g/mol. The van der Waals surface area contributed by atoms with Gasteiger partial charge in [0.05, 0.1) is 0 Å². The van der Waals surface area contributed by atoms with E-state index in [1.807, 2.05) is 34.0 Å². The van der Waals surface area contributed by atoms with Crippen molar-refractivity contribution in [2.45, 2.75) is 6.92 Å². The highest BCUT2D eigenvalue weighted by Gasteiger charge is 2.13. The van der Waals surface area contributed by atoms with E-state index >= 15 is 0 Å². The molecule has 46 heavy (non-hydrogen) atoms. The normalized spacial score (nSPS) is 11.6. The lowest BCUT2D eigenvalue weighted by molar-refractivity contribution is 1.56. The van der Waals surface area contributed by atoms with Crippen LogP contribution in [-0.2, 0) is 0 Å². The third-order valence-corrected chi connectivity index (χ3v) is 12.7. The zero-order chi connectivity index (χ0) is 30.6.